The molecule has 6 nitrogen and oxygen atoms in total. The van der Waals surface area contributed by atoms with Crippen molar-refractivity contribution >= 4 is 23.5 Å². The zero-order valence-electron chi connectivity index (χ0n) is 14.9. The number of carboxylic acids is 1. The Kier molecular flexibility index (Phi) is 5.40. The van der Waals surface area contributed by atoms with Crippen molar-refractivity contribution in [3.63, 3.8) is 0 Å². The predicted molar refractivity (Wildman–Crippen MR) is 94.0 cm³/mol. The third-order valence-electron chi connectivity index (χ3n) is 5.19. The van der Waals surface area contributed by atoms with E-state index in [9.17, 15) is 19.5 Å². The third-order valence-corrected chi connectivity index (χ3v) is 5.19. The highest BCUT2D eigenvalue weighted by atomic mass is 16.4. The van der Waals surface area contributed by atoms with Crippen LogP contribution in [0.1, 0.15) is 44.6 Å². The zero-order valence-corrected chi connectivity index (χ0v) is 14.9. The van der Waals surface area contributed by atoms with Crippen molar-refractivity contribution in [2.75, 3.05) is 6.54 Å². The second-order valence-electron chi connectivity index (χ2n) is 6.95. The van der Waals surface area contributed by atoms with Crippen molar-refractivity contribution in [3.05, 3.63) is 42.1 Å². The lowest BCUT2D eigenvalue weighted by molar-refractivity contribution is -0.305. The van der Waals surface area contributed by atoms with Crippen LogP contribution in [0.25, 0.3) is 5.70 Å². The number of amides is 2. The van der Waals surface area contributed by atoms with E-state index in [1.165, 1.54) is 16.7 Å². The first-order valence-electron chi connectivity index (χ1n) is 9.06. The highest BCUT2D eigenvalue weighted by molar-refractivity contribution is 5.98. The fourth-order valence-electron chi connectivity index (χ4n) is 3.98. The molecule has 2 aliphatic rings. The van der Waals surface area contributed by atoms with Crippen LogP contribution in [0.5, 0.6) is 0 Å². The van der Waals surface area contributed by atoms with E-state index < -0.39 is 18.6 Å². The summed E-state index contributed by atoms with van der Waals surface area (Å²) in [4.78, 5) is 39.6. The van der Waals surface area contributed by atoms with E-state index in [0.29, 0.717) is 11.3 Å². The lowest BCUT2D eigenvalue weighted by Crippen LogP contribution is -2.57. The Bertz CT molecular complexity index is 723. The number of nitrogens with zero attached hydrogens (tertiary/aromatic N) is 2. The van der Waals surface area contributed by atoms with E-state index in [1.807, 2.05) is 18.2 Å². The normalized spacial score (nSPS) is 21.5. The minimum atomic E-state index is -1.32. The summed E-state index contributed by atoms with van der Waals surface area (Å²) >= 11 is 0. The van der Waals surface area contributed by atoms with Gasteiger partial charge < -0.3 is 19.7 Å². The van der Waals surface area contributed by atoms with Gasteiger partial charge in [-0.2, -0.15) is 0 Å². The van der Waals surface area contributed by atoms with Crippen LogP contribution in [0, 0.1) is 5.92 Å². The summed E-state index contributed by atoms with van der Waals surface area (Å²) < 4.78 is 0. The molecule has 2 amide bonds. The maximum atomic E-state index is 13.3. The van der Waals surface area contributed by atoms with Crippen LogP contribution in [0.4, 0.5) is 0 Å². The maximum absolute atomic E-state index is 13.3. The average Bonchev–Trinajstić information content (AvgIpc) is 2.64. The Morgan fingerprint density at radius 3 is 2.35 bits per heavy atom. The van der Waals surface area contributed by atoms with Gasteiger partial charge in [0.1, 0.15) is 6.04 Å². The van der Waals surface area contributed by atoms with Crippen LogP contribution < -0.4 is 5.11 Å². The summed E-state index contributed by atoms with van der Waals surface area (Å²) in [6.07, 6.45) is 6.54. The number of aliphatic carboxylic acids is 1. The lowest BCUT2D eigenvalue weighted by Gasteiger charge is -2.43. The summed E-state index contributed by atoms with van der Waals surface area (Å²) in [5.41, 5.74) is 1.11. The molecule has 1 fully saturated rings. The van der Waals surface area contributed by atoms with E-state index >= 15 is 0 Å². The Balaban J connectivity index is 2.05. The van der Waals surface area contributed by atoms with Crippen LogP contribution in [0.3, 0.4) is 0 Å². The summed E-state index contributed by atoms with van der Waals surface area (Å²) in [7, 11) is 0. The molecular weight excluding hydrogens is 332 g/mol. The molecule has 1 unspecified atom stereocenters. The van der Waals surface area contributed by atoms with E-state index in [1.54, 1.807) is 18.3 Å². The minimum absolute atomic E-state index is 0.0537. The van der Waals surface area contributed by atoms with E-state index in [2.05, 4.69) is 0 Å². The molecule has 3 rings (SSSR count). The van der Waals surface area contributed by atoms with Crippen LogP contribution in [-0.2, 0) is 14.4 Å². The number of rotatable bonds is 4. The molecule has 0 aromatic heterocycles. The van der Waals surface area contributed by atoms with Crippen molar-refractivity contribution in [2.45, 2.75) is 45.1 Å². The second-order valence-corrected chi connectivity index (χ2v) is 6.95. The highest BCUT2D eigenvalue weighted by Gasteiger charge is 2.42. The molecule has 1 aromatic rings. The van der Waals surface area contributed by atoms with E-state index in [0.717, 1.165) is 32.1 Å². The largest absolute Gasteiger partial charge is 0.548 e. The van der Waals surface area contributed by atoms with Gasteiger partial charge in [-0.15, -0.1) is 0 Å². The van der Waals surface area contributed by atoms with Crippen LogP contribution in [-0.4, -0.2) is 40.2 Å². The van der Waals surface area contributed by atoms with Gasteiger partial charge >= 0.3 is 0 Å². The monoisotopic (exact) mass is 355 g/mol. The number of hydrogen-bond acceptors (Lipinski definition) is 4. The molecular formula is C20H23N2O4-. The highest BCUT2D eigenvalue weighted by Crippen LogP contribution is 2.35. The molecule has 1 aliphatic carbocycles. The number of carbonyl (C=O) groups excluding carboxylic acids is 3. The molecule has 1 aromatic carbocycles. The number of carboxylic acid groups (broad SMARTS) is 1. The van der Waals surface area contributed by atoms with Crippen molar-refractivity contribution < 1.29 is 19.5 Å². The van der Waals surface area contributed by atoms with Gasteiger partial charge in [0.15, 0.2) is 0 Å². The van der Waals surface area contributed by atoms with Gasteiger partial charge in [0.05, 0.1) is 18.2 Å². The standard InChI is InChI=1S/C20H24N2O4/c1-14(23)21-12-17(15-8-4-2-5-9-15)22(13-18(24)25)20(26)19(21)16-10-6-3-7-11-16/h2,4-5,8-9,12,16,19H,3,6-7,10-11,13H2,1H3,(H,24,25)/p-1. The zero-order chi connectivity index (χ0) is 18.7. The van der Waals surface area contributed by atoms with E-state index in [4.69, 9.17) is 0 Å². The van der Waals surface area contributed by atoms with Gasteiger partial charge in [-0.25, -0.2) is 0 Å². The smallest absolute Gasteiger partial charge is 0.250 e. The molecule has 1 aliphatic heterocycles. The van der Waals surface area contributed by atoms with Crippen LogP contribution in [0.2, 0.25) is 0 Å². The number of hydrogen-bond donors (Lipinski definition) is 0. The Labute approximate surface area is 153 Å². The first-order valence-corrected chi connectivity index (χ1v) is 9.06. The lowest BCUT2D eigenvalue weighted by atomic mass is 9.81. The average molecular weight is 355 g/mol. The predicted octanol–water partition coefficient (Wildman–Crippen LogP) is 1.37. The van der Waals surface area contributed by atoms with Gasteiger partial charge in [0.25, 0.3) is 5.91 Å². The molecule has 1 atom stereocenters. The molecule has 26 heavy (non-hydrogen) atoms. The van der Waals surface area contributed by atoms with E-state index in [-0.39, 0.29) is 17.7 Å². The fourth-order valence-corrected chi connectivity index (χ4v) is 3.98. The van der Waals surface area contributed by atoms with Crippen LogP contribution in [0.15, 0.2) is 36.5 Å². The summed E-state index contributed by atoms with van der Waals surface area (Å²) in [5.74, 6) is -1.81. The molecule has 1 saturated carbocycles. The van der Waals surface area contributed by atoms with Gasteiger partial charge in [0, 0.05) is 13.1 Å². The summed E-state index contributed by atoms with van der Waals surface area (Å²) in [6.45, 7) is 0.922. The molecule has 0 saturated heterocycles. The summed E-state index contributed by atoms with van der Waals surface area (Å²) in [5, 5.41) is 11.3. The Morgan fingerprint density at radius 2 is 1.77 bits per heavy atom. The first kappa shape index (κ1) is 18.2. The van der Waals surface area contributed by atoms with Gasteiger partial charge in [-0.1, -0.05) is 49.6 Å². The number of benzene rings is 1. The number of carbonyl (C=O) groups is 3. The Hall–Kier alpha value is -2.63. The quantitative estimate of drug-likeness (QED) is 0.817. The SMILES string of the molecule is CC(=O)N1C=C(c2ccccc2)N(CC(=O)[O-])C(=O)C1C1CCCCC1. The molecule has 0 bridgehead atoms. The van der Waals surface area contributed by atoms with Gasteiger partial charge in [-0.3, -0.25) is 9.59 Å². The third kappa shape index (κ3) is 3.64. The molecule has 1 heterocycles. The molecule has 0 radical (unpaired) electrons. The summed E-state index contributed by atoms with van der Waals surface area (Å²) in [6, 6.07) is 8.40. The molecule has 0 spiro atoms. The Morgan fingerprint density at radius 1 is 1.12 bits per heavy atom. The first-order chi connectivity index (χ1) is 12.5. The van der Waals surface area contributed by atoms with Crippen molar-refractivity contribution in [2.24, 2.45) is 5.92 Å². The molecule has 0 N–H and O–H groups in total. The van der Waals surface area contributed by atoms with Crippen molar-refractivity contribution in [1.82, 2.24) is 9.80 Å². The maximum Gasteiger partial charge on any atom is 0.250 e. The van der Waals surface area contributed by atoms with Crippen molar-refractivity contribution in [1.29, 1.82) is 0 Å². The molecule has 138 valence electrons. The minimum Gasteiger partial charge on any atom is -0.548 e. The van der Waals surface area contributed by atoms with Gasteiger partial charge in [0.2, 0.25) is 5.91 Å². The van der Waals surface area contributed by atoms with Crippen molar-refractivity contribution in [3.8, 4) is 0 Å². The second kappa shape index (κ2) is 7.72. The topological polar surface area (TPSA) is 80.8 Å². The van der Waals surface area contributed by atoms with Crippen LogP contribution >= 0.6 is 0 Å². The fraction of sp³-hybridized carbons (Fsp3) is 0.450. The van der Waals surface area contributed by atoms with Gasteiger partial charge in [-0.05, 0) is 24.3 Å². The molecule has 6 heteroatoms.